The van der Waals surface area contributed by atoms with Gasteiger partial charge in [-0.15, -0.1) is 0 Å². The third-order valence-electron chi connectivity index (χ3n) is 5.19. The number of rotatable bonds is 10. The van der Waals surface area contributed by atoms with Crippen LogP contribution in [0, 0.1) is 6.92 Å². The molecule has 0 aromatic heterocycles. The van der Waals surface area contributed by atoms with Gasteiger partial charge in [0, 0.05) is 28.7 Å². The van der Waals surface area contributed by atoms with Gasteiger partial charge in [0.05, 0.1) is 11.9 Å². The summed E-state index contributed by atoms with van der Waals surface area (Å²) in [4.78, 5) is 27.7. The van der Waals surface area contributed by atoms with Crippen molar-refractivity contribution in [2.45, 2.75) is 39.8 Å². The maximum atomic E-state index is 13.6. The SMILES string of the molecule is CCNC(=O)C(CC)N(Cc1c(Cl)cccc1Cl)C(=O)CN(c1ccccc1C)S(C)(=O)=O. The molecule has 2 aromatic rings. The minimum absolute atomic E-state index is 0.0433. The maximum Gasteiger partial charge on any atom is 0.244 e. The van der Waals surface area contributed by atoms with Gasteiger partial charge in [-0.25, -0.2) is 8.42 Å². The summed E-state index contributed by atoms with van der Waals surface area (Å²) in [6, 6.07) is 11.0. The van der Waals surface area contributed by atoms with Crippen LogP contribution in [0.4, 0.5) is 5.69 Å². The smallest absolute Gasteiger partial charge is 0.244 e. The second-order valence-corrected chi connectivity index (χ2v) is 10.3. The van der Waals surface area contributed by atoms with E-state index in [1.165, 1.54) is 4.90 Å². The number of likely N-dealkylation sites (N-methyl/N-ethyl adjacent to an activating group) is 1. The van der Waals surface area contributed by atoms with E-state index in [9.17, 15) is 18.0 Å². The van der Waals surface area contributed by atoms with Crippen LogP contribution in [0.15, 0.2) is 42.5 Å². The van der Waals surface area contributed by atoms with E-state index in [1.807, 2.05) is 0 Å². The van der Waals surface area contributed by atoms with Crippen molar-refractivity contribution in [2.24, 2.45) is 0 Å². The Kier molecular flexibility index (Phi) is 9.57. The number of nitrogens with zero attached hydrogens (tertiary/aromatic N) is 2. The van der Waals surface area contributed by atoms with Crippen molar-refractivity contribution < 1.29 is 18.0 Å². The van der Waals surface area contributed by atoms with Gasteiger partial charge in [-0.05, 0) is 44.0 Å². The van der Waals surface area contributed by atoms with E-state index in [2.05, 4.69) is 5.32 Å². The van der Waals surface area contributed by atoms with E-state index < -0.39 is 28.5 Å². The molecule has 0 radical (unpaired) electrons. The first-order valence-electron chi connectivity index (χ1n) is 10.5. The molecule has 7 nitrogen and oxygen atoms in total. The van der Waals surface area contributed by atoms with E-state index in [-0.39, 0.29) is 12.5 Å². The predicted molar refractivity (Wildman–Crippen MR) is 133 cm³/mol. The van der Waals surface area contributed by atoms with Gasteiger partial charge in [-0.2, -0.15) is 0 Å². The number of carbonyl (C=O) groups is 2. The maximum absolute atomic E-state index is 13.6. The molecule has 1 atom stereocenters. The van der Waals surface area contributed by atoms with Gasteiger partial charge in [-0.1, -0.05) is 54.4 Å². The number of amides is 2. The van der Waals surface area contributed by atoms with E-state index in [0.29, 0.717) is 39.8 Å². The zero-order valence-electron chi connectivity index (χ0n) is 19.1. The highest BCUT2D eigenvalue weighted by atomic mass is 35.5. The van der Waals surface area contributed by atoms with E-state index in [1.54, 1.807) is 63.2 Å². The van der Waals surface area contributed by atoms with Gasteiger partial charge in [-0.3, -0.25) is 13.9 Å². The molecule has 2 amide bonds. The Morgan fingerprint density at radius 1 is 1.03 bits per heavy atom. The normalized spacial score (nSPS) is 12.2. The Hall–Kier alpha value is -2.29. The number of anilines is 1. The first kappa shape index (κ1) is 27.0. The molecule has 180 valence electrons. The van der Waals surface area contributed by atoms with Crippen LogP contribution in [0.25, 0.3) is 0 Å². The lowest BCUT2D eigenvalue weighted by Gasteiger charge is -2.33. The van der Waals surface area contributed by atoms with Crippen molar-refractivity contribution in [3.8, 4) is 0 Å². The third-order valence-corrected chi connectivity index (χ3v) is 7.03. The van der Waals surface area contributed by atoms with Crippen LogP contribution in [0.3, 0.4) is 0 Å². The van der Waals surface area contributed by atoms with Crippen LogP contribution in [0.1, 0.15) is 31.4 Å². The minimum atomic E-state index is -3.79. The van der Waals surface area contributed by atoms with Crippen molar-refractivity contribution in [2.75, 3.05) is 23.7 Å². The van der Waals surface area contributed by atoms with Crippen LogP contribution >= 0.6 is 23.2 Å². The fourth-order valence-corrected chi connectivity index (χ4v) is 4.93. The number of nitrogens with one attached hydrogen (secondary N) is 1. The molecule has 0 bridgehead atoms. The summed E-state index contributed by atoms with van der Waals surface area (Å²) >= 11 is 12.7. The number of halogens is 2. The number of carbonyl (C=O) groups excluding carboxylic acids is 2. The van der Waals surface area contributed by atoms with Gasteiger partial charge < -0.3 is 10.2 Å². The van der Waals surface area contributed by atoms with Crippen LogP contribution in [-0.2, 0) is 26.2 Å². The molecular weight excluding hydrogens is 485 g/mol. The molecule has 0 heterocycles. The van der Waals surface area contributed by atoms with Crippen molar-refractivity contribution in [3.63, 3.8) is 0 Å². The molecular formula is C23H29Cl2N3O4S. The molecule has 0 aliphatic carbocycles. The number of aryl methyl sites for hydroxylation is 1. The number of benzene rings is 2. The number of hydrogen-bond donors (Lipinski definition) is 1. The lowest BCUT2D eigenvalue weighted by molar-refractivity contribution is -0.140. The molecule has 2 rings (SSSR count). The average molecular weight is 514 g/mol. The van der Waals surface area contributed by atoms with Crippen LogP contribution in [0.2, 0.25) is 10.0 Å². The second kappa shape index (κ2) is 11.7. The first-order valence-corrected chi connectivity index (χ1v) is 13.1. The summed E-state index contributed by atoms with van der Waals surface area (Å²) in [5.74, 6) is -0.879. The molecule has 0 aliphatic heterocycles. The molecule has 1 N–H and O–H groups in total. The zero-order chi connectivity index (χ0) is 24.8. The van der Waals surface area contributed by atoms with Crippen LogP contribution in [-0.4, -0.2) is 50.5 Å². The summed E-state index contributed by atoms with van der Waals surface area (Å²) < 4.78 is 26.3. The molecule has 0 saturated carbocycles. The quantitative estimate of drug-likeness (QED) is 0.519. The van der Waals surface area contributed by atoms with Crippen molar-refractivity contribution in [3.05, 3.63) is 63.6 Å². The summed E-state index contributed by atoms with van der Waals surface area (Å²) in [5.41, 5.74) is 1.58. The molecule has 0 aliphatic rings. The molecule has 1 unspecified atom stereocenters. The topological polar surface area (TPSA) is 86.8 Å². The molecule has 33 heavy (non-hydrogen) atoms. The summed E-state index contributed by atoms with van der Waals surface area (Å²) in [6.07, 6.45) is 1.37. The Morgan fingerprint density at radius 2 is 1.64 bits per heavy atom. The van der Waals surface area contributed by atoms with Crippen molar-refractivity contribution in [1.29, 1.82) is 0 Å². The van der Waals surface area contributed by atoms with Crippen LogP contribution < -0.4 is 9.62 Å². The van der Waals surface area contributed by atoms with Crippen LogP contribution in [0.5, 0.6) is 0 Å². The largest absolute Gasteiger partial charge is 0.355 e. The summed E-state index contributed by atoms with van der Waals surface area (Å²) in [6.45, 7) is 5.21. The van der Waals surface area contributed by atoms with Gasteiger partial charge in [0.15, 0.2) is 0 Å². The van der Waals surface area contributed by atoms with Crippen molar-refractivity contribution >= 4 is 50.7 Å². The molecule has 0 fully saturated rings. The highest BCUT2D eigenvalue weighted by Gasteiger charge is 2.32. The molecule has 0 saturated heterocycles. The zero-order valence-corrected chi connectivity index (χ0v) is 21.5. The minimum Gasteiger partial charge on any atom is -0.355 e. The summed E-state index contributed by atoms with van der Waals surface area (Å²) in [7, 11) is -3.79. The number of hydrogen-bond acceptors (Lipinski definition) is 4. The Labute approximate surface area is 205 Å². The highest BCUT2D eigenvalue weighted by molar-refractivity contribution is 7.92. The Balaban J connectivity index is 2.51. The lowest BCUT2D eigenvalue weighted by Crippen LogP contribution is -2.52. The Bertz CT molecular complexity index is 1090. The van der Waals surface area contributed by atoms with Gasteiger partial charge in [0.25, 0.3) is 0 Å². The Morgan fingerprint density at radius 3 is 2.15 bits per heavy atom. The van der Waals surface area contributed by atoms with E-state index >= 15 is 0 Å². The third kappa shape index (κ3) is 6.85. The molecule has 0 spiro atoms. The standard InChI is InChI=1S/C23H29Cl2N3O4S/c1-5-20(23(30)26-6-2)27(14-17-18(24)11-9-12-19(17)25)22(29)15-28(33(4,31)32)21-13-8-7-10-16(21)3/h7-13,20H,5-6,14-15H2,1-4H3,(H,26,30). The fraction of sp³-hybridized carbons (Fsp3) is 0.391. The lowest BCUT2D eigenvalue weighted by atomic mass is 10.1. The monoisotopic (exact) mass is 513 g/mol. The fourth-order valence-electron chi connectivity index (χ4n) is 3.50. The molecule has 10 heteroatoms. The first-order chi connectivity index (χ1) is 15.5. The number of sulfonamides is 1. The van der Waals surface area contributed by atoms with Crippen molar-refractivity contribution in [1.82, 2.24) is 10.2 Å². The highest BCUT2D eigenvalue weighted by Crippen LogP contribution is 2.28. The average Bonchev–Trinajstić information content (AvgIpc) is 2.74. The summed E-state index contributed by atoms with van der Waals surface area (Å²) in [5, 5.41) is 3.44. The van der Waals surface area contributed by atoms with Gasteiger partial charge in [0.1, 0.15) is 12.6 Å². The molecule has 2 aromatic carbocycles. The van der Waals surface area contributed by atoms with Gasteiger partial charge >= 0.3 is 0 Å². The van der Waals surface area contributed by atoms with Gasteiger partial charge in [0.2, 0.25) is 21.8 Å². The number of para-hydroxylation sites is 1. The second-order valence-electron chi connectivity index (χ2n) is 7.60. The predicted octanol–water partition coefficient (Wildman–Crippen LogP) is 4.01. The van der Waals surface area contributed by atoms with E-state index in [4.69, 9.17) is 23.2 Å². The van der Waals surface area contributed by atoms with E-state index in [0.717, 1.165) is 10.6 Å².